The number of nitrogens with zero attached hydrogens (tertiary/aromatic N) is 1. The summed E-state index contributed by atoms with van der Waals surface area (Å²) in [6.45, 7) is 17.5. The first-order valence-electron chi connectivity index (χ1n) is 27.7. The predicted molar refractivity (Wildman–Crippen MR) is 295 cm³/mol. The molecule has 2 saturated heterocycles. The molecule has 0 aromatic heterocycles. The molecule has 4 aliphatic rings. The third-order valence-electron chi connectivity index (χ3n) is 16.8. The Balaban J connectivity index is 1.43. The number of carbonyl (C=O) groups is 5. The van der Waals surface area contributed by atoms with E-state index in [1.165, 1.54) is 17.2 Å². The van der Waals surface area contributed by atoms with Crippen molar-refractivity contribution >= 4 is 58.7 Å². The van der Waals surface area contributed by atoms with Gasteiger partial charge in [-0.25, -0.2) is 4.79 Å². The first-order valence-corrected chi connectivity index (χ1v) is 31.4. The number of ketones is 3. The third kappa shape index (κ3) is 16.4. The molecular weight excluding hydrogens is 1040 g/mol. The first kappa shape index (κ1) is 62.6. The van der Waals surface area contributed by atoms with Crippen LogP contribution in [-0.4, -0.2) is 135 Å². The number of benzene rings is 1. The van der Waals surface area contributed by atoms with E-state index < -0.39 is 92.0 Å². The number of carbonyl (C=O) groups excluding carboxylic acids is 5. The lowest BCUT2D eigenvalue weighted by Gasteiger charge is -2.43. The van der Waals surface area contributed by atoms with Crippen LogP contribution in [0.5, 0.6) is 0 Å². The number of methoxy groups -OCH3 is 3. The highest BCUT2D eigenvalue weighted by Crippen LogP contribution is 2.39. The number of cyclic esters (lactones) is 1. The van der Waals surface area contributed by atoms with Gasteiger partial charge in [-0.2, -0.15) is 0 Å². The summed E-state index contributed by atoms with van der Waals surface area (Å²) in [5.74, 6) is -8.01. The van der Waals surface area contributed by atoms with E-state index in [-0.39, 0.29) is 67.3 Å². The van der Waals surface area contributed by atoms with Crippen LogP contribution in [0.4, 0.5) is 0 Å². The van der Waals surface area contributed by atoms with Crippen LogP contribution >= 0.6 is 15.9 Å². The normalized spacial score (nSPS) is 37.2. The van der Waals surface area contributed by atoms with Gasteiger partial charge < -0.3 is 43.2 Å². The zero-order valence-electron chi connectivity index (χ0n) is 47.0. The van der Waals surface area contributed by atoms with E-state index in [2.05, 4.69) is 35.1 Å². The second-order valence-electron chi connectivity index (χ2n) is 23.1. The molecule has 2 bridgehead atoms. The lowest BCUT2D eigenvalue weighted by molar-refractivity contribution is -0.265. The van der Waals surface area contributed by atoms with Gasteiger partial charge in [0.2, 0.25) is 14.1 Å². The van der Waals surface area contributed by atoms with Crippen LogP contribution in [0.15, 0.2) is 64.7 Å². The van der Waals surface area contributed by atoms with Crippen LogP contribution in [-0.2, 0) is 52.1 Å². The van der Waals surface area contributed by atoms with Crippen LogP contribution in [0.25, 0.3) is 0 Å². The average molecular weight is 1130 g/mol. The van der Waals surface area contributed by atoms with Crippen LogP contribution in [0, 0.1) is 41.4 Å². The summed E-state index contributed by atoms with van der Waals surface area (Å²) in [7, 11) is 2.37. The third-order valence-corrected chi connectivity index (χ3v) is 20.5. The highest BCUT2D eigenvalue weighted by Gasteiger charge is 2.53. The van der Waals surface area contributed by atoms with Gasteiger partial charge in [0.25, 0.3) is 11.7 Å². The second kappa shape index (κ2) is 28.6. The summed E-state index contributed by atoms with van der Waals surface area (Å²) >= 11 is 3.73. The van der Waals surface area contributed by atoms with Gasteiger partial charge in [0.1, 0.15) is 24.0 Å². The van der Waals surface area contributed by atoms with Crippen LogP contribution in [0.1, 0.15) is 132 Å². The quantitative estimate of drug-likeness (QED) is 0.136. The summed E-state index contributed by atoms with van der Waals surface area (Å²) in [4.78, 5) is 73.0. The molecule has 0 radical (unpaired) electrons. The van der Waals surface area contributed by atoms with Gasteiger partial charge in [0.15, 0.2) is 5.78 Å². The number of aliphatic hydroxyl groups excluding tert-OH is 1. The van der Waals surface area contributed by atoms with E-state index >= 15 is 0 Å². The van der Waals surface area contributed by atoms with Crippen molar-refractivity contribution in [3.05, 3.63) is 64.7 Å². The van der Waals surface area contributed by atoms with E-state index in [4.69, 9.17) is 28.1 Å². The van der Waals surface area contributed by atoms with Gasteiger partial charge in [-0.1, -0.05) is 106 Å². The van der Waals surface area contributed by atoms with Crippen molar-refractivity contribution in [2.45, 2.75) is 200 Å². The first-order chi connectivity index (χ1) is 35.4. The number of amides is 1. The molecule has 1 aromatic carbocycles. The summed E-state index contributed by atoms with van der Waals surface area (Å²) in [6, 6.07) is 7.04. The molecule has 16 heteroatoms. The number of rotatable bonds is 9. The Morgan fingerprint density at radius 1 is 0.840 bits per heavy atom. The minimum Gasteiger partial charge on any atom is -0.460 e. The maximum Gasteiger partial charge on any atom is 0.329 e. The molecule has 3 fully saturated rings. The minimum atomic E-state index is -2.43. The Kier molecular flexibility index (Phi) is 23.9. The molecule has 1 saturated carbocycles. The monoisotopic (exact) mass is 1130 g/mol. The van der Waals surface area contributed by atoms with Gasteiger partial charge in [-0.15, -0.1) is 0 Å². The van der Waals surface area contributed by atoms with E-state index in [0.717, 1.165) is 22.9 Å². The number of allylic oxidation sites excluding steroid dienone is 5. The van der Waals surface area contributed by atoms with Gasteiger partial charge in [0.05, 0.1) is 30.5 Å². The fraction of sp³-hybridized carbons (Fsp3) is 0.712. The van der Waals surface area contributed by atoms with Gasteiger partial charge in [-0.05, 0) is 131 Å². The number of Topliss-reactive ketones (excluding diaryl/α,β-unsaturated/α-hetero) is 3. The highest BCUT2D eigenvalue weighted by atomic mass is 79.9. The molecule has 16 atom stereocenters. The molecule has 3 aliphatic heterocycles. The molecule has 1 aromatic rings. The predicted octanol–water partition coefficient (Wildman–Crippen LogP) is 9.16. The molecule has 2 N–H and O–H groups in total. The standard InChI is InChI=1S/C59H90BrNO13Si/c1-36-20-14-13-15-21-37(2)49(69-8)34-44-27-25-42(7)59(68,73-44)56(65)57(66)61-29-19-18-23-46(61)58(67)72-50(35-47(62)38(3)31-41(6)54(64)55(71-10)53(63)40(5)30-36)39(4)32-43-26-28-48(51(33-43)70-9)74-75(11,12)52-24-17-16-22-45(52)60/h13-17,20-22,24,36,38-44,46,48-51,54-55,64,68H,18-19,23,25-35H2,1-12H3/b15-13+,20-14+,37-21+/t36-,38-,39-,40-,41+,42-,43+,44+,46+,48-,49+,50+,51-,54-,55+,59-/m1/s1. The summed E-state index contributed by atoms with van der Waals surface area (Å²) in [5, 5.41) is 24.9. The highest BCUT2D eigenvalue weighted by molar-refractivity contribution is 9.10. The molecule has 75 heavy (non-hydrogen) atoms. The molecule has 0 spiro atoms. The maximum absolute atomic E-state index is 14.7. The molecule has 5 rings (SSSR count). The van der Waals surface area contributed by atoms with E-state index in [9.17, 15) is 34.2 Å². The number of hydrogen-bond acceptors (Lipinski definition) is 13. The lowest BCUT2D eigenvalue weighted by Crippen LogP contribution is -2.61. The summed E-state index contributed by atoms with van der Waals surface area (Å²) in [6.07, 6.45) is 11.4. The zero-order chi connectivity index (χ0) is 55.4. The van der Waals surface area contributed by atoms with Gasteiger partial charge in [-0.3, -0.25) is 19.2 Å². The van der Waals surface area contributed by atoms with Crippen molar-refractivity contribution in [2.75, 3.05) is 27.9 Å². The lowest BCUT2D eigenvalue weighted by atomic mass is 9.78. The SMILES string of the molecule is CO[C@H]1C[C@@H]2CC[C@@H](C)[C@@](O)(O2)C(=O)C(=O)N2CCCC[C@H]2C(=O)O[C@H]([C@H](C)C[C@@H]2CC[C@@H](O[Si](C)(C)c3ccccc3Br)[C@H](OC)C2)CC(=O)[C@H](C)C[C@H](C)[C@@H](O)[C@@H](OC)C(=O)[C@H](C)C[C@H](C)/C=C/C=C/C=C/1C. The summed E-state index contributed by atoms with van der Waals surface area (Å²) in [5.41, 5.74) is 0.887. The average Bonchev–Trinajstić information content (AvgIpc) is 3.38. The van der Waals surface area contributed by atoms with Crippen molar-refractivity contribution in [3.8, 4) is 0 Å². The van der Waals surface area contributed by atoms with E-state index in [1.54, 1.807) is 28.1 Å². The number of halogens is 1. The van der Waals surface area contributed by atoms with Crippen LogP contribution in [0.3, 0.4) is 0 Å². The van der Waals surface area contributed by atoms with Gasteiger partial charge in [0, 0.05) is 62.9 Å². The Morgan fingerprint density at radius 2 is 1.56 bits per heavy atom. The Hall–Kier alpha value is -3.19. The second-order valence-corrected chi connectivity index (χ2v) is 27.8. The van der Waals surface area contributed by atoms with E-state index in [1.807, 2.05) is 83.2 Å². The zero-order valence-corrected chi connectivity index (χ0v) is 49.6. The molecule has 14 nitrogen and oxygen atoms in total. The minimum absolute atomic E-state index is 0.0302. The number of aliphatic hydroxyl groups is 2. The van der Waals surface area contributed by atoms with Crippen molar-refractivity contribution in [1.82, 2.24) is 4.90 Å². The topological polar surface area (TPSA) is 184 Å². The molecule has 3 heterocycles. The van der Waals surface area contributed by atoms with Crippen molar-refractivity contribution in [2.24, 2.45) is 41.4 Å². The Bertz CT molecular complexity index is 2180. The summed E-state index contributed by atoms with van der Waals surface area (Å²) < 4.78 is 38.3. The van der Waals surface area contributed by atoms with Gasteiger partial charge >= 0.3 is 5.97 Å². The molecule has 1 aliphatic carbocycles. The fourth-order valence-corrected chi connectivity index (χ4v) is 16.0. The molecule has 420 valence electrons. The number of piperidine rings is 1. The van der Waals surface area contributed by atoms with Crippen molar-refractivity contribution < 1.29 is 62.3 Å². The number of ether oxygens (including phenoxy) is 5. The Morgan fingerprint density at radius 3 is 2.24 bits per heavy atom. The fourth-order valence-electron chi connectivity index (χ4n) is 12.0. The van der Waals surface area contributed by atoms with Crippen molar-refractivity contribution in [1.29, 1.82) is 0 Å². The molecular formula is C59H90BrNO13Si. The number of fused-ring (bicyclic) bond motifs is 3. The largest absolute Gasteiger partial charge is 0.460 e. The smallest absolute Gasteiger partial charge is 0.329 e. The van der Waals surface area contributed by atoms with E-state index in [0.29, 0.717) is 51.4 Å². The van der Waals surface area contributed by atoms with Crippen molar-refractivity contribution in [3.63, 3.8) is 0 Å². The van der Waals surface area contributed by atoms with Crippen LogP contribution in [0.2, 0.25) is 13.1 Å². The maximum atomic E-state index is 14.7. The number of esters is 1. The molecule has 0 unspecified atom stereocenters. The number of hydrogen-bond donors (Lipinski definition) is 2. The molecule has 1 amide bonds. The van der Waals surface area contributed by atoms with Crippen LogP contribution < -0.4 is 5.19 Å². The Labute approximate surface area is 457 Å².